The van der Waals surface area contributed by atoms with Crippen molar-refractivity contribution < 1.29 is 9.18 Å². The Balaban J connectivity index is 1.76. The number of halogens is 1. The van der Waals surface area contributed by atoms with Crippen LogP contribution in [0.4, 0.5) is 4.39 Å². The van der Waals surface area contributed by atoms with Gasteiger partial charge < -0.3 is 4.98 Å². The van der Waals surface area contributed by atoms with E-state index < -0.39 is 0 Å². The lowest BCUT2D eigenvalue weighted by Gasteiger charge is -2.22. The van der Waals surface area contributed by atoms with E-state index in [4.69, 9.17) is 4.98 Å². The number of hydrogen-bond acceptors (Lipinski definition) is 4. The van der Waals surface area contributed by atoms with E-state index >= 15 is 0 Å². The first-order valence-corrected chi connectivity index (χ1v) is 11.0. The molecule has 0 radical (unpaired) electrons. The van der Waals surface area contributed by atoms with Crippen molar-refractivity contribution in [1.29, 1.82) is 0 Å². The maximum Gasteiger partial charge on any atom is 0.255 e. The molecule has 1 heterocycles. The summed E-state index contributed by atoms with van der Waals surface area (Å²) in [4.78, 5) is 32.5. The summed E-state index contributed by atoms with van der Waals surface area (Å²) in [6.45, 7) is 4.03. The number of hydrogen-bond donors (Lipinski definition) is 1. The van der Waals surface area contributed by atoms with Crippen molar-refractivity contribution in [3.63, 3.8) is 0 Å². The summed E-state index contributed by atoms with van der Waals surface area (Å²) in [7, 11) is 0. The van der Waals surface area contributed by atoms with Gasteiger partial charge in [0.1, 0.15) is 5.82 Å². The zero-order chi connectivity index (χ0) is 20.1. The average Bonchev–Trinajstić information content (AvgIpc) is 2.67. The molecule has 0 unspecified atom stereocenters. The minimum atomic E-state index is -0.369. The van der Waals surface area contributed by atoms with Crippen molar-refractivity contribution in [1.82, 2.24) is 9.97 Å². The number of ketones is 1. The summed E-state index contributed by atoms with van der Waals surface area (Å²) in [6, 6.07) is 5.50. The number of thioether (sulfide) groups is 1. The van der Waals surface area contributed by atoms with E-state index in [9.17, 15) is 14.0 Å². The van der Waals surface area contributed by atoms with E-state index in [0.29, 0.717) is 16.6 Å². The topological polar surface area (TPSA) is 62.8 Å². The van der Waals surface area contributed by atoms with Crippen molar-refractivity contribution in [2.24, 2.45) is 5.92 Å². The van der Waals surface area contributed by atoms with Crippen LogP contribution in [0.15, 0.2) is 34.2 Å². The number of nitrogens with zero attached hydrogens (tertiary/aromatic N) is 1. The number of rotatable bonds is 7. The molecule has 0 bridgehead atoms. The number of carbonyl (C=O) groups is 1. The third-order valence-corrected chi connectivity index (χ3v) is 6.18. The first-order chi connectivity index (χ1) is 13.4. The van der Waals surface area contributed by atoms with Gasteiger partial charge in [0.05, 0.1) is 11.4 Å². The Labute approximate surface area is 169 Å². The van der Waals surface area contributed by atoms with Crippen LogP contribution in [0, 0.1) is 11.7 Å². The van der Waals surface area contributed by atoms with Gasteiger partial charge in [-0.3, -0.25) is 9.59 Å². The third-order valence-electron chi connectivity index (χ3n) is 5.30. The monoisotopic (exact) mass is 402 g/mol. The second kappa shape index (κ2) is 9.50. The van der Waals surface area contributed by atoms with Gasteiger partial charge in [0.2, 0.25) is 0 Å². The van der Waals surface area contributed by atoms with E-state index in [1.165, 1.54) is 68.1 Å². The molecular formula is C22H27FN2O2S. The highest BCUT2D eigenvalue weighted by atomic mass is 32.2. The molecule has 0 atom stereocenters. The van der Waals surface area contributed by atoms with Crippen LogP contribution in [0.2, 0.25) is 0 Å². The number of aromatic nitrogens is 2. The molecule has 150 valence electrons. The second-order valence-electron chi connectivity index (χ2n) is 7.81. The molecule has 1 aromatic heterocycles. The predicted molar refractivity (Wildman–Crippen MR) is 111 cm³/mol. The summed E-state index contributed by atoms with van der Waals surface area (Å²) in [5.74, 6) is 0.355. The maximum absolute atomic E-state index is 13.0. The zero-order valence-corrected chi connectivity index (χ0v) is 17.3. The van der Waals surface area contributed by atoms with Crippen LogP contribution in [0.5, 0.6) is 0 Å². The maximum atomic E-state index is 13.0. The zero-order valence-electron chi connectivity index (χ0n) is 16.5. The summed E-state index contributed by atoms with van der Waals surface area (Å²) in [5, 5.41) is 0.482. The summed E-state index contributed by atoms with van der Waals surface area (Å²) < 4.78 is 13.0. The Morgan fingerprint density at radius 1 is 1.21 bits per heavy atom. The van der Waals surface area contributed by atoms with Crippen LogP contribution in [0.1, 0.15) is 73.5 Å². The number of H-pyrrole nitrogens is 1. The molecule has 0 saturated heterocycles. The summed E-state index contributed by atoms with van der Waals surface area (Å²) in [5.41, 5.74) is 1.99. The molecule has 4 nitrogen and oxygen atoms in total. The summed E-state index contributed by atoms with van der Waals surface area (Å²) in [6.07, 6.45) is 7.01. The minimum absolute atomic E-state index is 0.104. The van der Waals surface area contributed by atoms with Gasteiger partial charge in [-0.2, -0.15) is 0 Å². The van der Waals surface area contributed by atoms with Crippen LogP contribution >= 0.6 is 11.8 Å². The van der Waals surface area contributed by atoms with Gasteiger partial charge in [-0.15, -0.1) is 0 Å². The molecule has 1 fully saturated rings. The van der Waals surface area contributed by atoms with Crippen LogP contribution in [0.25, 0.3) is 0 Å². The highest BCUT2D eigenvalue weighted by Crippen LogP contribution is 2.29. The van der Waals surface area contributed by atoms with Crippen LogP contribution < -0.4 is 5.56 Å². The van der Waals surface area contributed by atoms with Crippen LogP contribution in [-0.4, -0.2) is 21.5 Å². The van der Waals surface area contributed by atoms with Crippen LogP contribution in [-0.2, 0) is 6.42 Å². The van der Waals surface area contributed by atoms with Crippen molar-refractivity contribution in [3.8, 4) is 0 Å². The van der Waals surface area contributed by atoms with E-state index in [2.05, 4.69) is 4.98 Å². The largest absolute Gasteiger partial charge is 0.301 e. The van der Waals surface area contributed by atoms with E-state index in [0.717, 1.165) is 17.7 Å². The predicted octanol–water partition coefficient (Wildman–Crippen LogP) is 5.13. The third kappa shape index (κ3) is 5.31. The molecule has 1 saturated carbocycles. The molecule has 1 aromatic carbocycles. The number of aromatic amines is 1. The lowest BCUT2D eigenvalue weighted by atomic mass is 9.84. The molecule has 1 aliphatic carbocycles. The Morgan fingerprint density at radius 2 is 1.89 bits per heavy atom. The molecule has 2 aromatic rings. The van der Waals surface area contributed by atoms with Crippen LogP contribution in [0.3, 0.4) is 0 Å². The molecular weight excluding hydrogens is 375 g/mol. The first kappa shape index (κ1) is 20.8. The smallest absolute Gasteiger partial charge is 0.255 e. The number of carbonyl (C=O) groups excluding carboxylic acids is 1. The van der Waals surface area contributed by atoms with Crippen molar-refractivity contribution >= 4 is 17.5 Å². The molecule has 1 aliphatic rings. The Hall–Kier alpha value is -1.95. The van der Waals surface area contributed by atoms with E-state index in [1.54, 1.807) is 0 Å². The van der Waals surface area contributed by atoms with Gasteiger partial charge in [0.25, 0.3) is 5.56 Å². The molecule has 6 heteroatoms. The highest BCUT2D eigenvalue weighted by molar-refractivity contribution is 7.99. The van der Waals surface area contributed by atoms with Gasteiger partial charge in [0, 0.05) is 11.1 Å². The lowest BCUT2D eigenvalue weighted by Crippen LogP contribution is -2.22. The average molecular weight is 403 g/mol. The Morgan fingerprint density at radius 3 is 2.54 bits per heavy atom. The van der Waals surface area contributed by atoms with E-state index in [1.807, 2.05) is 13.8 Å². The fraction of sp³-hybridized carbons (Fsp3) is 0.500. The van der Waals surface area contributed by atoms with Crippen molar-refractivity contribution in [2.45, 2.75) is 63.4 Å². The molecule has 0 aliphatic heterocycles. The second-order valence-corrected chi connectivity index (χ2v) is 8.78. The number of Topliss-reactive ketones (excluding diaryl/α,β-unsaturated/α-hetero) is 1. The SMILES string of the molecule is CC(C)c1c(CC2CCCCC2)nc(SCC(=O)c2ccc(F)cc2)[nH]c1=O. The highest BCUT2D eigenvalue weighted by Gasteiger charge is 2.21. The Kier molecular flexibility index (Phi) is 7.05. The molecule has 1 N–H and O–H groups in total. The van der Waals surface area contributed by atoms with Gasteiger partial charge in [0.15, 0.2) is 10.9 Å². The van der Waals surface area contributed by atoms with Gasteiger partial charge >= 0.3 is 0 Å². The molecule has 0 amide bonds. The fourth-order valence-corrected chi connectivity index (χ4v) is 4.62. The molecule has 28 heavy (non-hydrogen) atoms. The quantitative estimate of drug-likeness (QED) is 0.396. The van der Waals surface area contributed by atoms with Gasteiger partial charge in [-0.25, -0.2) is 9.37 Å². The van der Waals surface area contributed by atoms with Crippen molar-refractivity contribution in [3.05, 3.63) is 57.3 Å². The number of nitrogens with one attached hydrogen (secondary N) is 1. The van der Waals surface area contributed by atoms with Gasteiger partial charge in [-0.05, 0) is 42.5 Å². The minimum Gasteiger partial charge on any atom is -0.301 e. The van der Waals surface area contributed by atoms with Crippen molar-refractivity contribution in [2.75, 3.05) is 5.75 Å². The van der Waals surface area contributed by atoms with Gasteiger partial charge in [-0.1, -0.05) is 57.7 Å². The molecule has 3 rings (SSSR count). The lowest BCUT2D eigenvalue weighted by molar-refractivity contribution is 0.102. The standard InChI is InChI=1S/C22H27FN2O2S/c1-14(2)20-18(12-15-6-4-3-5-7-15)24-22(25-21(20)27)28-13-19(26)16-8-10-17(23)11-9-16/h8-11,14-15H,3-7,12-13H2,1-2H3,(H,24,25,27). The first-order valence-electron chi connectivity index (χ1n) is 9.98. The summed E-state index contributed by atoms with van der Waals surface area (Å²) >= 11 is 1.23. The molecule has 0 spiro atoms. The Bertz CT molecular complexity index is 871. The normalized spacial score (nSPS) is 15.1. The number of benzene rings is 1. The fourth-order valence-electron chi connectivity index (χ4n) is 3.84. The van der Waals surface area contributed by atoms with E-state index in [-0.39, 0.29) is 28.8 Å².